The number of aromatic nitrogens is 2. The van der Waals surface area contributed by atoms with Crippen LogP contribution < -0.4 is 0 Å². The van der Waals surface area contributed by atoms with Gasteiger partial charge in [-0.3, -0.25) is 9.36 Å². The largest absolute Gasteiger partial charge is 0.395 e. The zero-order valence-corrected chi connectivity index (χ0v) is 11.2. The summed E-state index contributed by atoms with van der Waals surface area (Å²) in [5, 5.41) is 8.92. The molecule has 1 heterocycles. The van der Waals surface area contributed by atoms with Gasteiger partial charge in [0.15, 0.2) is 0 Å². The molecule has 0 aliphatic rings. The molecule has 0 fully saturated rings. The fraction of sp³-hybridized carbons (Fsp3) is 0.286. The number of para-hydroxylation sites is 1. The Kier molecular flexibility index (Phi) is 4.99. The summed E-state index contributed by atoms with van der Waals surface area (Å²) >= 11 is 0. The van der Waals surface area contributed by atoms with Crippen molar-refractivity contribution in [2.24, 2.45) is 0 Å². The van der Waals surface area contributed by atoms with Crippen molar-refractivity contribution in [2.75, 3.05) is 19.7 Å². The second-order valence-electron chi connectivity index (χ2n) is 4.35. The van der Waals surface area contributed by atoms with Gasteiger partial charge in [0.2, 0.25) is 0 Å². The number of carbonyl (C=O) groups is 1. The van der Waals surface area contributed by atoms with E-state index in [-0.39, 0.29) is 18.8 Å². The predicted octanol–water partition coefficient (Wildman–Crippen LogP) is 1.57. The highest BCUT2D eigenvalue weighted by Gasteiger charge is 2.22. The molecule has 2 aromatic rings. The van der Waals surface area contributed by atoms with Gasteiger partial charge in [-0.1, -0.05) is 18.2 Å². The standard InChI is InChI=1S/C14H15F2N3O2/c15-13(16)9-18(6-7-20)14(21)12-8-17-10-19(12)11-4-2-1-3-5-11/h1-5,8,10,13,20H,6-7,9H2. The van der Waals surface area contributed by atoms with Crippen LogP contribution in [0.4, 0.5) is 8.78 Å². The first-order valence-electron chi connectivity index (χ1n) is 6.39. The first-order chi connectivity index (χ1) is 10.1. The van der Waals surface area contributed by atoms with E-state index in [1.54, 1.807) is 24.3 Å². The molecule has 1 aromatic heterocycles. The van der Waals surface area contributed by atoms with Crippen LogP contribution in [0.25, 0.3) is 5.69 Å². The van der Waals surface area contributed by atoms with Crippen molar-refractivity contribution in [3.63, 3.8) is 0 Å². The first-order valence-corrected chi connectivity index (χ1v) is 6.39. The molecule has 5 nitrogen and oxygen atoms in total. The second-order valence-corrected chi connectivity index (χ2v) is 4.35. The van der Waals surface area contributed by atoms with Crippen LogP contribution in [-0.4, -0.2) is 51.6 Å². The topological polar surface area (TPSA) is 58.4 Å². The number of nitrogens with zero attached hydrogens (tertiary/aromatic N) is 3. The van der Waals surface area contributed by atoms with E-state index in [4.69, 9.17) is 5.11 Å². The number of alkyl halides is 2. The van der Waals surface area contributed by atoms with E-state index in [9.17, 15) is 13.6 Å². The Bertz CT molecular complexity index is 587. The third kappa shape index (κ3) is 3.63. The van der Waals surface area contributed by atoms with Crippen molar-refractivity contribution < 1.29 is 18.7 Å². The average molecular weight is 295 g/mol. The summed E-state index contributed by atoms with van der Waals surface area (Å²) in [7, 11) is 0. The van der Waals surface area contributed by atoms with Gasteiger partial charge < -0.3 is 10.0 Å². The van der Waals surface area contributed by atoms with Gasteiger partial charge in [0.1, 0.15) is 5.69 Å². The summed E-state index contributed by atoms with van der Waals surface area (Å²) in [4.78, 5) is 17.2. The van der Waals surface area contributed by atoms with Gasteiger partial charge in [-0.2, -0.15) is 0 Å². The number of hydrogen-bond donors (Lipinski definition) is 1. The van der Waals surface area contributed by atoms with Crippen LogP contribution >= 0.6 is 0 Å². The van der Waals surface area contributed by atoms with Gasteiger partial charge in [0.25, 0.3) is 12.3 Å². The molecule has 0 unspecified atom stereocenters. The summed E-state index contributed by atoms with van der Waals surface area (Å²) in [6, 6.07) is 8.99. The number of hydrogen-bond acceptors (Lipinski definition) is 3. The van der Waals surface area contributed by atoms with Crippen LogP contribution in [0.15, 0.2) is 42.9 Å². The summed E-state index contributed by atoms with van der Waals surface area (Å²) in [6.45, 7) is -1.25. The third-order valence-corrected chi connectivity index (χ3v) is 2.91. The molecule has 112 valence electrons. The van der Waals surface area contributed by atoms with Crippen molar-refractivity contribution >= 4 is 5.91 Å². The summed E-state index contributed by atoms with van der Waals surface area (Å²) < 4.78 is 26.6. The van der Waals surface area contributed by atoms with Crippen molar-refractivity contribution in [3.05, 3.63) is 48.5 Å². The number of halogens is 2. The molecule has 1 aromatic carbocycles. The fourth-order valence-corrected chi connectivity index (χ4v) is 1.97. The molecule has 0 spiro atoms. The van der Waals surface area contributed by atoms with E-state index < -0.39 is 18.9 Å². The Morgan fingerprint density at radius 2 is 2.05 bits per heavy atom. The molecule has 0 saturated carbocycles. The zero-order chi connectivity index (χ0) is 15.2. The van der Waals surface area contributed by atoms with Crippen molar-refractivity contribution in [1.29, 1.82) is 0 Å². The highest BCUT2D eigenvalue weighted by atomic mass is 19.3. The SMILES string of the molecule is O=C(c1cncn1-c1ccccc1)N(CCO)CC(F)F. The van der Waals surface area contributed by atoms with Gasteiger partial charge in [-0.15, -0.1) is 0 Å². The molecule has 0 aliphatic heterocycles. The molecule has 0 atom stereocenters. The number of benzene rings is 1. The van der Waals surface area contributed by atoms with E-state index in [1.165, 1.54) is 17.1 Å². The molecule has 7 heteroatoms. The quantitative estimate of drug-likeness (QED) is 0.880. The number of imidazole rings is 1. The Morgan fingerprint density at radius 3 is 2.67 bits per heavy atom. The number of aliphatic hydroxyl groups excluding tert-OH is 1. The van der Waals surface area contributed by atoms with E-state index in [0.29, 0.717) is 5.69 Å². The van der Waals surface area contributed by atoms with Gasteiger partial charge in [-0.05, 0) is 12.1 Å². The van der Waals surface area contributed by atoms with Crippen LogP contribution in [0.3, 0.4) is 0 Å². The average Bonchev–Trinajstić information content (AvgIpc) is 2.96. The van der Waals surface area contributed by atoms with Gasteiger partial charge in [-0.25, -0.2) is 13.8 Å². The molecule has 0 bridgehead atoms. The van der Waals surface area contributed by atoms with E-state index in [2.05, 4.69) is 4.98 Å². The highest BCUT2D eigenvalue weighted by molar-refractivity contribution is 5.93. The smallest absolute Gasteiger partial charge is 0.272 e. The summed E-state index contributed by atoms with van der Waals surface area (Å²) in [6.07, 6.45) is 0.112. The number of carbonyl (C=O) groups excluding carboxylic acids is 1. The molecule has 0 radical (unpaired) electrons. The van der Waals surface area contributed by atoms with Crippen LogP contribution in [-0.2, 0) is 0 Å². The number of rotatable bonds is 6. The van der Waals surface area contributed by atoms with Crippen molar-refractivity contribution in [3.8, 4) is 5.69 Å². The molecular formula is C14H15F2N3O2. The van der Waals surface area contributed by atoms with Crippen molar-refractivity contribution in [2.45, 2.75) is 6.43 Å². The summed E-state index contributed by atoms with van der Waals surface area (Å²) in [5.74, 6) is -0.592. The summed E-state index contributed by atoms with van der Waals surface area (Å²) in [5.41, 5.74) is 0.884. The van der Waals surface area contributed by atoms with Crippen LogP contribution in [0, 0.1) is 0 Å². The monoisotopic (exact) mass is 295 g/mol. The lowest BCUT2D eigenvalue weighted by Gasteiger charge is -2.21. The van der Waals surface area contributed by atoms with Gasteiger partial charge >= 0.3 is 0 Å². The Balaban J connectivity index is 2.29. The predicted molar refractivity (Wildman–Crippen MR) is 72.6 cm³/mol. The van der Waals surface area contributed by atoms with Crippen LogP contribution in [0.2, 0.25) is 0 Å². The second kappa shape index (κ2) is 6.94. The maximum atomic E-state index is 12.5. The van der Waals surface area contributed by atoms with Crippen LogP contribution in [0.1, 0.15) is 10.5 Å². The Hall–Kier alpha value is -2.28. The molecule has 21 heavy (non-hydrogen) atoms. The van der Waals surface area contributed by atoms with Gasteiger partial charge in [0, 0.05) is 12.2 Å². The highest BCUT2D eigenvalue weighted by Crippen LogP contribution is 2.13. The zero-order valence-electron chi connectivity index (χ0n) is 11.2. The molecule has 1 N–H and O–H groups in total. The third-order valence-electron chi connectivity index (χ3n) is 2.91. The minimum Gasteiger partial charge on any atom is -0.395 e. The Morgan fingerprint density at radius 1 is 1.33 bits per heavy atom. The molecule has 0 saturated heterocycles. The van der Waals surface area contributed by atoms with Crippen molar-refractivity contribution in [1.82, 2.24) is 14.5 Å². The lowest BCUT2D eigenvalue weighted by atomic mass is 10.3. The molecule has 1 amide bonds. The molecule has 2 rings (SSSR count). The fourth-order valence-electron chi connectivity index (χ4n) is 1.97. The van der Waals surface area contributed by atoms with E-state index in [0.717, 1.165) is 4.90 Å². The maximum Gasteiger partial charge on any atom is 0.272 e. The number of aliphatic hydroxyl groups is 1. The van der Waals surface area contributed by atoms with Gasteiger partial charge in [0.05, 0.1) is 25.7 Å². The minimum absolute atomic E-state index is 0.150. The molecule has 0 aliphatic carbocycles. The van der Waals surface area contributed by atoms with Crippen LogP contribution in [0.5, 0.6) is 0 Å². The minimum atomic E-state index is -2.66. The Labute approximate surface area is 120 Å². The lowest BCUT2D eigenvalue weighted by molar-refractivity contribution is 0.0502. The maximum absolute atomic E-state index is 12.5. The lowest BCUT2D eigenvalue weighted by Crippen LogP contribution is -2.38. The molecular weight excluding hydrogens is 280 g/mol. The first kappa shape index (κ1) is 15.1. The van der Waals surface area contributed by atoms with E-state index in [1.807, 2.05) is 6.07 Å². The number of amides is 1. The normalized spacial score (nSPS) is 10.9. The van der Waals surface area contributed by atoms with E-state index >= 15 is 0 Å².